The molecule has 30 heavy (non-hydrogen) atoms. The van der Waals surface area contributed by atoms with Crippen molar-refractivity contribution in [3.05, 3.63) is 72.2 Å². The minimum absolute atomic E-state index is 0.124. The molecule has 0 unspecified atom stereocenters. The van der Waals surface area contributed by atoms with E-state index >= 15 is 0 Å². The molecular formula is C23H22FN3O3. The minimum atomic E-state index is -0.301. The van der Waals surface area contributed by atoms with Gasteiger partial charge in [0, 0.05) is 18.8 Å². The standard InChI is InChI=1S/C23H22FN3O3/c1-15-21(25-14-30-15)23(29)27-11-3-5-18(13-27)22(28)26-20-6-2-4-17(12-20)16-7-9-19(24)10-8-16/h2,4,6-10,12,14,18H,3,5,11,13H2,1H3,(H,26,28)/t18-/m0/s1. The summed E-state index contributed by atoms with van der Waals surface area (Å²) in [6.45, 7) is 2.63. The lowest BCUT2D eigenvalue weighted by atomic mass is 9.96. The zero-order valence-corrected chi connectivity index (χ0v) is 16.6. The maximum absolute atomic E-state index is 13.2. The van der Waals surface area contributed by atoms with Crippen molar-refractivity contribution in [3.8, 4) is 11.1 Å². The molecule has 2 aromatic carbocycles. The topological polar surface area (TPSA) is 75.4 Å². The van der Waals surface area contributed by atoms with Crippen LogP contribution in [0.4, 0.5) is 10.1 Å². The fourth-order valence-electron chi connectivity index (χ4n) is 3.70. The van der Waals surface area contributed by atoms with Gasteiger partial charge in [-0.1, -0.05) is 24.3 Å². The number of amides is 2. The molecule has 3 aromatic rings. The average molecular weight is 407 g/mol. The molecule has 0 bridgehead atoms. The highest BCUT2D eigenvalue weighted by atomic mass is 19.1. The van der Waals surface area contributed by atoms with Crippen LogP contribution in [0.5, 0.6) is 0 Å². The maximum atomic E-state index is 13.2. The third kappa shape index (κ3) is 4.25. The van der Waals surface area contributed by atoms with Gasteiger partial charge in [0.2, 0.25) is 5.91 Å². The number of likely N-dealkylation sites (tertiary alicyclic amines) is 1. The second kappa shape index (κ2) is 8.49. The van der Waals surface area contributed by atoms with Gasteiger partial charge in [0.05, 0.1) is 5.92 Å². The van der Waals surface area contributed by atoms with Crippen LogP contribution in [0, 0.1) is 18.7 Å². The van der Waals surface area contributed by atoms with E-state index in [0.29, 0.717) is 36.7 Å². The Labute approximate surface area is 173 Å². The molecule has 1 atom stereocenters. The molecule has 154 valence electrons. The molecule has 1 N–H and O–H groups in total. The number of piperidine rings is 1. The van der Waals surface area contributed by atoms with E-state index in [-0.39, 0.29) is 23.5 Å². The molecule has 1 saturated heterocycles. The second-order valence-electron chi connectivity index (χ2n) is 7.42. The Balaban J connectivity index is 1.43. The molecule has 2 amide bonds. The monoisotopic (exact) mass is 407 g/mol. The minimum Gasteiger partial charge on any atom is -0.448 e. The first kappa shape index (κ1) is 19.8. The zero-order valence-electron chi connectivity index (χ0n) is 16.6. The summed E-state index contributed by atoms with van der Waals surface area (Å²) in [5, 5.41) is 2.95. The van der Waals surface area contributed by atoms with Gasteiger partial charge in [-0.3, -0.25) is 9.59 Å². The molecule has 1 aliphatic heterocycles. The number of nitrogens with zero attached hydrogens (tertiary/aromatic N) is 2. The van der Waals surface area contributed by atoms with E-state index in [1.165, 1.54) is 18.5 Å². The summed E-state index contributed by atoms with van der Waals surface area (Å²) in [4.78, 5) is 31.2. The molecule has 0 spiro atoms. The highest BCUT2D eigenvalue weighted by Crippen LogP contribution is 2.25. The van der Waals surface area contributed by atoms with Crippen molar-refractivity contribution < 1.29 is 18.4 Å². The number of hydrogen-bond donors (Lipinski definition) is 1. The van der Waals surface area contributed by atoms with Crippen LogP contribution in [0.1, 0.15) is 29.1 Å². The molecule has 2 heterocycles. The average Bonchev–Trinajstić information content (AvgIpc) is 3.20. The largest absolute Gasteiger partial charge is 0.448 e. The lowest BCUT2D eigenvalue weighted by molar-refractivity contribution is -0.121. The Morgan fingerprint density at radius 2 is 1.97 bits per heavy atom. The van der Waals surface area contributed by atoms with Crippen LogP contribution in [-0.4, -0.2) is 34.8 Å². The molecule has 0 saturated carbocycles. The normalized spacial score (nSPS) is 16.3. The van der Waals surface area contributed by atoms with Gasteiger partial charge in [-0.2, -0.15) is 0 Å². The highest BCUT2D eigenvalue weighted by Gasteiger charge is 2.30. The predicted octanol–water partition coefficient (Wildman–Crippen LogP) is 4.28. The number of benzene rings is 2. The quantitative estimate of drug-likeness (QED) is 0.700. The second-order valence-corrected chi connectivity index (χ2v) is 7.42. The molecule has 6 nitrogen and oxygen atoms in total. The number of hydrogen-bond acceptors (Lipinski definition) is 4. The summed E-state index contributed by atoms with van der Waals surface area (Å²) in [5.74, 6) is -0.452. The molecule has 0 aliphatic carbocycles. The summed E-state index contributed by atoms with van der Waals surface area (Å²) in [7, 11) is 0. The molecule has 0 radical (unpaired) electrons. The first-order valence-corrected chi connectivity index (χ1v) is 9.87. The number of carbonyl (C=O) groups excluding carboxylic acids is 2. The van der Waals surface area contributed by atoms with E-state index in [2.05, 4.69) is 10.3 Å². The SMILES string of the molecule is Cc1ocnc1C(=O)N1CCC[C@H](C(=O)Nc2cccc(-c3ccc(F)cc3)c2)C1. The number of aromatic nitrogens is 1. The Morgan fingerprint density at radius 1 is 1.17 bits per heavy atom. The fraction of sp³-hybridized carbons (Fsp3) is 0.261. The predicted molar refractivity (Wildman–Crippen MR) is 110 cm³/mol. The zero-order chi connectivity index (χ0) is 21.1. The Bertz CT molecular complexity index is 1060. The van der Waals surface area contributed by atoms with Crippen molar-refractivity contribution in [2.75, 3.05) is 18.4 Å². The van der Waals surface area contributed by atoms with Crippen LogP contribution in [0.3, 0.4) is 0 Å². The summed E-state index contributed by atoms with van der Waals surface area (Å²) in [6, 6.07) is 13.6. The molecular weight excluding hydrogens is 385 g/mol. The number of nitrogens with one attached hydrogen (secondary N) is 1. The maximum Gasteiger partial charge on any atom is 0.276 e. The first-order chi connectivity index (χ1) is 14.5. The smallest absolute Gasteiger partial charge is 0.276 e. The van der Waals surface area contributed by atoms with Crippen LogP contribution in [0.15, 0.2) is 59.3 Å². The van der Waals surface area contributed by atoms with Crippen LogP contribution in [0.2, 0.25) is 0 Å². The lowest BCUT2D eigenvalue weighted by Crippen LogP contribution is -2.44. The summed E-state index contributed by atoms with van der Waals surface area (Å²) in [6.07, 6.45) is 2.71. The molecule has 1 fully saturated rings. The number of halogens is 1. The van der Waals surface area contributed by atoms with E-state index in [9.17, 15) is 14.0 Å². The van der Waals surface area contributed by atoms with E-state index in [4.69, 9.17) is 4.42 Å². The van der Waals surface area contributed by atoms with Crippen molar-refractivity contribution in [2.45, 2.75) is 19.8 Å². The van der Waals surface area contributed by atoms with Gasteiger partial charge in [0.1, 0.15) is 11.6 Å². The molecule has 1 aromatic heterocycles. The Hall–Kier alpha value is -3.48. The first-order valence-electron chi connectivity index (χ1n) is 9.87. The third-order valence-corrected chi connectivity index (χ3v) is 5.33. The van der Waals surface area contributed by atoms with Crippen LogP contribution < -0.4 is 5.32 Å². The molecule has 4 rings (SSSR count). The van der Waals surface area contributed by atoms with Gasteiger partial charge < -0.3 is 14.6 Å². The number of aryl methyl sites for hydroxylation is 1. The van der Waals surface area contributed by atoms with E-state index in [0.717, 1.165) is 17.5 Å². The number of oxazole rings is 1. The van der Waals surface area contributed by atoms with Gasteiger partial charge in [-0.25, -0.2) is 9.37 Å². The summed E-state index contributed by atoms with van der Waals surface area (Å²) >= 11 is 0. The number of rotatable bonds is 4. The van der Waals surface area contributed by atoms with Crippen LogP contribution >= 0.6 is 0 Å². The lowest BCUT2D eigenvalue weighted by Gasteiger charge is -2.31. The Kier molecular flexibility index (Phi) is 5.61. The fourth-order valence-corrected chi connectivity index (χ4v) is 3.70. The highest BCUT2D eigenvalue weighted by molar-refractivity contribution is 5.96. The van der Waals surface area contributed by atoms with Crippen molar-refractivity contribution >= 4 is 17.5 Å². The van der Waals surface area contributed by atoms with Gasteiger partial charge in [-0.05, 0) is 55.2 Å². The van der Waals surface area contributed by atoms with E-state index < -0.39 is 0 Å². The van der Waals surface area contributed by atoms with Crippen LogP contribution in [0.25, 0.3) is 11.1 Å². The molecule has 7 heteroatoms. The van der Waals surface area contributed by atoms with Crippen molar-refractivity contribution in [1.29, 1.82) is 0 Å². The van der Waals surface area contributed by atoms with Gasteiger partial charge >= 0.3 is 0 Å². The number of anilines is 1. The number of carbonyl (C=O) groups is 2. The van der Waals surface area contributed by atoms with Crippen molar-refractivity contribution in [1.82, 2.24) is 9.88 Å². The van der Waals surface area contributed by atoms with Crippen molar-refractivity contribution in [3.63, 3.8) is 0 Å². The van der Waals surface area contributed by atoms with Gasteiger partial charge in [0.15, 0.2) is 12.1 Å². The van der Waals surface area contributed by atoms with E-state index in [1.54, 1.807) is 24.0 Å². The van der Waals surface area contributed by atoms with Crippen LogP contribution in [-0.2, 0) is 4.79 Å². The van der Waals surface area contributed by atoms with Gasteiger partial charge in [-0.15, -0.1) is 0 Å². The summed E-state index contributed by atoms with van der Waals surface area (Å²) in [5.41, 5.74) is 2.71. The Morgan fingerprint density at radius 3 is 2.70 bits per heavy atom. The summed E-state index contributed by atoms with van der Waals surface area (Å²) < 4.78 is 18.3. The van der Waals surface area contributed by atoms with Crippen molar-refractivity contribution in [2.24, 2.45) is 5.92 Å². The van der Waals surface area contributed by atoms with Gasteiger partial charge in [0.25, 0.3) is 5.91 Å². The molecule has 1 aliphatic rings. The third-order valence-electron chi connectivity index (χ3n) is 5.33. The van der Waals surface area contributed by atoms with E-state index in [1.807, 2.05) is 24.3 Å².